The van der Waals surface area contributed by atoms with Crippen LogP contribution in [0.3, 0.4) is 0 Å². The zero-order valence-corrected chi connectivity index (χ0v) is 11.9. The summed E-state index contributed by atoms with van der Waals surface area (Å²) in [6, 6.07) is 0.639. The highest BCUT2D eigenvalue weighted by atomic mass is 16.5. The Hall–Kier alpha value is -0.650. The molecule has 1 saturated heterocycles. The molecule has 2 aliphatic rings. The van der Waals surface area contributed by atoms with Gasteiger partial charge in [0.15, 0.2) is 0 Å². The SMILES string of the molecule is CCNC1CCC(OCC(=O)N2CCOCC2)CC1. The van der Waals surface area contributed by atoms with Crippen molar-refractivity contribution in [3.05, 3.63) is 0 Å². The Morgan fingerprint density at radius 3 is 2.58 bits per heavy atom. The number of nitrogens with one attached hydrogen (secondary N) is 1. The highest BCUT2D eigenvalue weighted by molar-refractivity contribution is 5.77. The van der Waals surface area contributed by atoms with Gasteiger partial charge >= 0.3 is 0 Å². The second kappa shape index (κ2) is 7.82. The van der Waals surface area contributed by atoms with Crippen LogP contribution >= 0.6 is 0 Å². The van der Waals surface area contributed by atoms with Crippen LogP contribution in [0.25, 0.3) is 0 Å². The highest BCUT2D eigenvalue weighted by Crippen LogP contribution is 2.21. The zero-order chi connectivity index (χ0) is 13.5. The maximum absolute atomic E-state index is 11.9. The molecule has 0 aromatic heterocycles. The number of ether oxygens (including phenoxy) is 2. The fourth-order valence-corrected chi connectivity index (χ4v) is 2.82. The summed E-state index contributed by atoms with van der Waals surface area (Å²) in [5.74, 6) is 0.108. The first-order valence-electron chi connectivity index (χ1n) is 7.50. The van der Waals surface area contributed by atoms with Crippen LogP contribution in [-0.2, 0) is 14.3 Å². The van der Waals surface area contributed by atoms with Crippen LogP contribution in [0.5, 0.6) is 0 Å². The number of carbonyl (C=O) groups is 1. The van der Waals surface area contributed by atoms with Crippen LogP contribution in [0.15, 0.2) is 0 Å². The Morgan fingerprint density at radius 2 is 1.95 bits per heavy atom. The number of amides is 1. The Balaban J connectivity index is 1.61. The van der Waals surface area contributed by atoms with Gasteiger partial charge < -0.3 is 19.7 Å². The summed E-state index contributed by atoms with van der Waals surface area (Å²) in [6.07, 6.45) is 4.70. The van der Waals surface area contributed by atoms with E-state index < -0.39 is 0 Å². The molecule has 19 heavy (non-hydrogen) atoms. The van der Waals surface area contributed by atoms with Gasteiger partial charge in [-0.15, -0.1) is 0 Å². The molecule has 110 valence electrons. The summed E-state index contributed by atoms with van der Waals surface area (Å²) < 4.78 is 11.0. The van der Waals surface area contributed by atoms with E-state index in [1.807, 2.05) is 4.90 Å². The first kappa shape index (κ1) is 14.8. The zero-order valence-electron chi connectivity index (χ0n) is 11.9. The Bertz CT molecular complexity index is 272. The molecule has 5 heteroatoms. The van der Waals surface area contributed by atoms with Crippen molar-refractivity contribution < 1.29 is 14.3 Å². The van der Waals surface area contributed by atoms with Crippen molar-refractivity contribution in [1.82, 2.24) is 10.2 Å². The summed E-state index contributed by atoms with van der Waals surface area (Å²) >= 11 is 0. The molecule has 1 aliphatic carbocycles. The van der Waals surface area contributed by atoms with Crippen molar-refractivity contribution >= 4 is 5.91 Å². The van der Waals surface area contributed by atoms with Crippen LogP contribution in [0, 0.1) is 0 Å². The molecule has 0 bridgehead atoms. The van der Waals surface area contributed by atoms with Gasteiger partial charge in [0, 0.05) is 19.1 Å². The second-order valence-electron chi connectivity index (χ2n) is 5.34. The predicted octanol–water partition coefficient (Wildman–Crippen LogP) is 0.783. The molecule has 1 heterocycles. The Labute approximate surface area is 115 Å². The fourth-order valence-electron chi connectivity index (χ4n) is 2.82. The van der Waals surface area contributed by atoms with E-state index in [0.717, 1.165) is 32.2 Å². The lowest BCUT2D eigenvalue weighted by molar-refractivity contribution is -0.142. The van der Waals surface area contributed by atoms with Gasteiger partial charge in [-0.3, -0.25) is 4.79 Å². The molecule has 0 spiro atoms. The standard InChI is InChI=1S/C14H26N2O3/c1-2-15-12-3-5-13(6-4-12)19-11-14(17)16-7-9-18-10-8-16/h12-13,15H,2-11H2,1H3. The van der Waals surface area contributed by atoms with Gasteiger partial charge in [0.2, 0.25) is 5.91 Å². The average molecular weight is 270 g/mol. The minimum atomic E-state index is 0.108. The van der Waals surface area contributed by atoms with Crippen LogP contribution in [0.1, 0.15) is 32.6 Å². The van der Waals surface area contributed by atoms with Crippen LogP contribution < -0.4 is 5.32 Å². The third-order valence-electron chi connectivity index (χ3n) is 3.97. The summed E-state index contributed by atoms with van der Waals surface area (Å²) in [4.78, 5) is 13.8. The second-order valence-corrected chi connectivity index (χ2v) is 5.34. The quantitative estimate of drug-likeness (QED) is 0.802. The third kappa shape index (κ3) is 4.75. The van der Waals surface area contributed by atoms with Crippen molar-refractivity contribution in [2.45, 2.75) is 44.8 Å². The Kier molecular flexibility index (Phi) is 6.07. The van der Waals surface area contributed by atoms with Crippen molar-refractivity contribution in [1.29, 1.82) is 0 Å². The normalized spacial score (nSPS) is 28.4. The molecular weight excluding hydrogens is 244 g/mol. The monoisotopic (exact) mass is 270 g/mol. The van der Waals surface area contributed by atoms with E-state index in [2.05, 4.69) is 12.2 Å². The highest BCUT2D eigenvalue weighted by Gasteiger charge is 2.23. The Morgan fingerprint density at radius 1 is 1.26 bits per heavy atom. The first-order valence-corrected chi connectivity index (χ1v) is 7.50. The molecule has 2 rings (SSSR count). The van der Waals surface area contributed by atoms with Gasteiger partial charge in [-0.2, -0.15) is 0 Å². The van der Waals surface area contributed by atoms with Gasteiger partial charge in [0.25, 0.3) is 0 Å². The van der Waals surface area contributed by atoms with Gasteiger partial charge in [-0.25, -0.2) is 0 Å². The summed E-state index contributed by atoms with van der Waals surface area (Å²) in [5, 5.41) is 3.48. The lowest BCUT2D eigenvalue weighted by Gasteiger charge is -2.30. The number of hydrogen-bond donors (Lipinski definition) is 1. The largest absolute Gasteiger partial charge is 0.378 e. The number of carbonyl (C=O) groups excluding carboxylic acids is 1. The number of hydrogen-bond acceptors (Lipinski definition) is 4. The van der Waals surface area contributed by atoms with Crippen molar-refractivity contribution in [2.75, 3.05) is 39.5 Å². The van der Waals surface area contributed by atoms with Gasteiger partial charge in [-0.1, -0.05) is 6.92 Å². The smallest absolute Gasteiger partial charge is 0.248 e. The molecular formula is C14H26N2O3. The van der Waals surface area contributed by atoms with E-state index in [1.54, 1.807) is 0 Å². The van der Waals surface area contributed by atoms with E-state index in [1.165, 1.54) is 0 Å². The van der Waals surface area contributed by atoms with Crippen LogP contribution in [0.4, 0.5) is 0 Å². The number of morpholine rings is 1. The van der Waals surface area contributed by atoms with Crippen LogP contribution in [-0.4, -0.2) is 62.4 Å². The van der Waals surface area contributed by atoms with E-state index in [-0.39, 0.29) is 18.6 Å². The molecule has 0 atom stereocenters. The molecule has 0 aromatic carbocycles. The third-order valence-corrected chi connectivity index (χ3v) is 3.97. The maximum atomic E-state index is 11.9. The molecule has 0 aromatic rings. The molecule has 0 unspecified atom stereocenters. The topological polar surface area (TPSA) is 50.8 Å². The van der Waals surface area contributed by atoms with Gasteiger partial charge in [0.05, 0.1) is 19.3 Å². The summed E-state index contributed by atoms with van der Waals surface area (Å²) in [5.41, 5.74) is 0. The van der Waals surface area contributed by atoms with Crippen molar-refractivity contribution in [3.63, 3.8) is 0 Å². The molecule has 5 nitrogen and oxygen atoms in total. The van der Waals surface area contributed by atoms with Crippen molar-refractivity contribution in [3.8, 4) is 0 Å². The minimum absolute atomic E-state index is 0.108. The molecule has 1 saturated carbocycles. The van der Waals surface area contributed by atoms with E-state index in [9.17, 15) is 4.79 Å². The van der Waals surface area contributed by atoms with Crippen LogP contribution in [0.2, 0.25) is 0 Å². The van der Waals surface area contributed by atoms with Gasteiger partial charge in [0.1, 0.15) is 6.61 Å². The lowest BCUT2D eigenvalue weighted by atomic mass is 9.93. The molecule has 1 amide bonds. The summed E-state index contributed by atoms with van der Waals surface area (Å²) in [6.45, 7) is 6.12. The predicted molar refractivity (Wildman–Crippen MR) is 73.1 cm³/mol. The van der Waals surface area contributed by atoms with Gasteiger partial charge in [-0.05, 0) is 32.2 Å². The van der Waals surface area contributed by atoms with Crippen molar-refractivity contribution in [2.24, 2.45) is 0 Å². The molecule has 0 radical (unpaired) electrons. The lowest BCUT2D eigenvalue weighted by Crippen LogP contribution is -2.43. The average Bonchev–Trinajstić information content (AvgIpc) is 2.47. The fraction of sp³-hybridized carbons (Fsp3) is 0.929. The first-order chi connectivity index (χ1) is 9.29. The minimum Gasteiger partial charge on any atom is -0.378 e. The number of rotatable bonds is 5. The van der Waals surface area contributed by atoms with E-state index in [0.29, 0.717) is 32.3 Å². The molecule has 2 fully saturated rings. The van der Waals surface area contributed by atoms with E-state index >= 15 is 0 Å². The number of nitrogens with zero attached hydrogens (tertiary/aromatic N) is 1. The molecule has 1 aliphatic heterocycles. The summed E-state index contributed by atoms with van der Waals surface area (Å²) in [7, 11) is 0. The van der Waals surface area contributed by atoms with E-state index in [4.69, 9.17) is 9.47 Å². The maximum Gasteiger partial charge on any atom is 0.248 e. The molecule has 1 N–H and O–H groups in total.